The molecule has 0 radical (unpaired) electrons. The van der Waals surface area contributed by atoms with Crippen LogP contribution in [0.15, 0.2) is 4.79 Å². The molecule has 0 aromatic carbocycles. The van der Waals surface area contributed by atoms with E-state index in [9.17, 15) is 9.59 Å². The average molecular weight is 304 g/mol. The number of rotatable bonds is 1. The van der Waals surface area contributed by atoms with Crippen LogP contribution in [0, 0.1) is 6.92 Å². The van der Waals surface area contributed by atoms with E-state index in [4.69, 9.17) is 0 Å². The normalized spacial score (nSPS) is 22.5. The topological polar surface area (TPSA) is 58.4 Å². The molecule has 1 amide bonds. The number of likely N-dealkylation sites (N-methyl/N-ethyl adjacent to an activating group) is 1. The van der Waals surface area contributed by atoms with Crippen molar-refractivity contribution in [2.75, 3.05) is 13.6 Å². The van der Waals surface area contributed by atoms with Crippen LogP contribution >= 0.6 is 0 Å². The summed E-state index contributed by atoms with van der Waals surface area (Å²) in [6, 6.07) is -0.0539. The molecule has 0 unspecified atom stereocenters. The van der Waals surface area contributed by atoms with Crippen molar-refractivity contribution in [2.24, 2.45) is 7.05 Å². The molecule has 0 spiro atoms. The van der Waals surface area contributed by atoms with Crippen LogP contribution < -0.4 is 5.56 Å². The SMILES string of the molecule is Cc1nc2c(c(=O)n1C)CN(C(=O)[C@H]1CCCCCN1C)C2. The van der Waals surface area contributed by atoms with Gasteiger partial charge in [-0.05, 0) is 33.4 Å². The molecule has 2 aliphatic rings. The molecule has 1 saturated heterocycles. The van der Waals surface area contributed by atoms with E-state index in [1.54, 1.807) is 16.5 Å². The predicted molar refractivity (Wildman–Crippen MR) is 83.4 cm³/mol. The zero-order valence-corrected chi connectivity index (χ0v) is 13.6. The van der Waals surface area contributed by atoms with Crippen molar-refractivity contribution in [1.29, 1.82) is 0 Å². The molecule has 120 valence electrons. The highest BCUT2D eigenvalue weighted by Gasteiger charge is 2.34. The first-order valence-electron chi connectivity index (χ1n) is 8.03. The van der Waals surface area contributed by atoms with Gasteiger partial charge in [0, 0.05) is 7.05 Å². The molecule has 1 fully saturated rings. The molecule has 0 N–H and O–H groups in total. The molecule has 3 heterocycles. The number of fused-ring (bicyclic) bond motifs is 1. The molecule has 3 rings (SSSR count). The van der Waals surface area contributed by atoms with Crippen LogP contribution in [0.1, 0.15) is 42.8 Å². The lowest BCUT2D eigenvalue weighted by molar-refractivity contribution is -0.137. The van der Waals surface area contributed by atoms with Gasteiger partial charge in [-0.25, -0.2) is 4.98 Å². The lowest BCUT2D eigenvalue weighted by Gasteiger charge is -2.28. The van der Waals surface area contributed by atoms with Gasteiger partial charge >= 0.3 is 0 Å². The molecule has 1 aromatic heterocycles. The lowest BCUT2D eigenvalue weighted by atomic mass is 10.1. The number of nitrogens with zero attached hydrogens (tertiary/aromatic N) is 4. The molecule has 6 heteroatoms. The summed E-state index contributed by atoms with van der Waals surface area (Å²) >= 11 is 0. The molecule has 22 heavy (non-hydrogen) atoms. The van der Waals surface area contributed by atoms with Crippen molar-refractivity contribution < 1.29 is 4.79 Å². The minimum atomic E-state index is -0.0539. The van der Waals surface area contributed by atoms with E-state index < -0.39 is 0 Å². The molecule has 6 nitrogen and oxygen atoms in total. The Bertz CT molecular complexity index is 652. The summed E-state index contributed by atoms with van der Waals surface area (Å²) in [4.78, 5) is 33.6. The molecule has 2 aliphatic heterocycles. The van der Waals surface area contributed by atoms with Gasteiger partial charge in [0.1, 0.15) is 5.82 Å². The van der Waals surface area contributed by atoms with Crippen molar-refractivity contribution in [2.45, 2.75) is 51.7 Å². The van der Waals surface area contributed by atoms with Gasteiger partial charge in [0.15, 0.2) is 0 Å². The van der Waals surface area contributed by atoms with Crippen molar-refractivity contribution in [3.05, 3.63) is 27.4 Å². The van der Waals surface area contributed by atoms with E-state index in [2.05, 4.69) is 9.88 Å². The summed E-state index contributed by atoms with van der Waals surface area (Å²) in [5, 5.41) is 0. The number of hydrogen-bond acceptors (Lipinski definition) is 4. The Balaban J connectivity index is 1.82. The lowest BCUT2D eigenvalue weighted by Crippen LogP contribution is -2.45. The Labute approximate surface area is 130 Å². The van der Waals surface area contributed by atoms with E-state index in [1.165, 1.54) is 6.42 Å². The molecule has 1 aromatic rings. The Morgan fingerprint density at radius 3 is 2.73 bits per heavy atom. The third-order valence-electron chi connectivity index (χ3n) is 5.00. The second kappa shape index (κ2) is 5.83. The second-order valence-electron chi connectivity index (χ2n) is 6.49. The number of hydrogen-bond donors (Lipinski definition) is 0. The Hall–Kier alpha value is -1.69. The fourth-order valence-corrected chi connectivity index (χ4v) is 3.46. The fourth-order valence-electron chi connectivity index (χ4n) is 3.46. The number of carbonyl (C=O) groups excluding carboxylic acids is 1. The Kier molecular flexibility index (Phi) is 4.04. The summed E-state index contributed by atoms with van der Waals surface area (Å²) in [7, 11) is 3.76. The molecule has 1 atom stereocenters. The smallest absolute Gasteiger partial charge is 0.258 e. The molecular formula is C16H24N4O2. The fraction of sp³-hybridized carbons (Fsp3) is 0.688. The Morgan fingerprint density at radius 1 is 1.18 bits per heavy atom. The average Bonchev–Trinajstić information content (AvgIpc) is 2.80. The number of aromatic nitrogens is 2. The first-order valence-corrected chi connectivity index (χ1v) is 8.03. The van der Waals surface area contributed by atoms with Gasteiger partial charge in [0.05, 0.1) is 30.4 Å². The van der Waals surface area contributed by atoms with E-state index in [0.717, 1.165) is 31.5 Å². The largest absolute Gasteiger partial charge is 0.331 e. The van der Waals surface area contributed by atoms with Gasteiger partial charge in [0.2, 0.25) is 5.91 Å². The standard InChI is InChI=1S/C16H24N4O2/c1-11-17-13-10-20(9-12(13)15(21)19(11)3)16(22)14-7-5-4-6-8-18(14)2/h14H,4-10H2,1-3H3/t14-/m1/s1. The quantitative estimate of drug-likeness (QED) is 0.770. The van der Waals surface area contributed by atoms with Gasteiger partial charge in [-0.2, -0.15) is 0 Å². The van der Waals surface area contributed by atoms with E-state index in [0.29, 0.717) is 24.5 Å². The van der Waals surface area contributed by atoms with Crippen molar-refractivity contribution in [3.8, 4) is 0 Å². The van der Waals surface area contributed by atoms with Crippen LogP contribution in [0.5, 0.6) is 0 Å². The highest BCUT2D eigenvalue weighted by Crippen LogP contribution is 2.23. The van der Waals surface area contributed by atoms with Gasteiger partial charge in [-0.15, -0.1) is 0 Å². The van der Waals surface area contributed by atoms with Crippen LogP contribution in [-0.4, -0.2) is 44.9 Å². The van der Waals surface area contributed by atoms with Gasteiger partial charge < -0.3 is 4.90 Å². The summed E-state index contributed by atoms with van der Waals surface area (Å²) in [5.74, 6) is 0.840. The number of aryl methyl sites for hydroxylation is 1. The first kappa shape index (κ1) is 15.2. The van der Waals surface area contributed by atoms with Gasteiger partial charge in [-0.3, -0.25) is 19.1 Å². The predicted octanol–water partition coefficient (Wildman–Crippen LogP) is 0.805. The number of likely N-dealkylation sites (tertiary alicyclic amines) is 1. The van der Waals surface area contributed by atoms with Crippen LogP contribution in [0.2, 0.25) is 0 Å². The maximum absolute atomic E-state index is 12.9. The van der Waals surface area contributed by atoms with Gasteiger partial charge in [0.25, 0.3) is 5.56 Å². The third-order valence-corrected chi connectivity index (χ3v) is 5.00. The first-order chi connectivity index (χ1) is 10.5. The Morgan fingerprint density at radius 2 is 1.95 bits per heavy atom. The van der Waals surface area contributed by atoms with Crippen LogP contribution in [0.25, 0.3) is 0 Å². The number of amides is 1. The van der Waals surface area contributed by atoms with Crippen LogP contribution in [0.3, 0.4) is 0 Å². The van der Waals surface area contributed by atoms with E-state index >= 15 is 0 Å². The van der Waals surface area contributed by atoms with E-state index in [1.807, 2.05) is 14.0 Å². The molecule has 0 bridgehead atoms. The number of carbonyl (C=O) groups is 1. The summed E-state index contributed by atoms with van der Waals surface area (Å²) in [6.07, 6.45) is 4.35. The maximum atomic E-state index is 12.9. The highest BCUT2D eigenvalue weighted by atomic mass is 16.2. The van der Waals surface area contributed by atoms with Crippen molar-refractivity contribution in [3.63, 3.8) is 0 Å². The van der Waals surface area contributed by atoms with Crippen LogP contribution in [-0.2, 0) is 24.9 Å². The second-order valence-corrected chi connectivity index (χ2v) is 6.49. The minimum Gasteiger partial charge on any atom is -0.331 e. The zero-order valence-electron chi connectivity index (χ0n) is 13.6. The monoisotopic (exact) mass is 304 g/mol. The van der Waals surface area contributed by atoms with E-state index in [-0.39, 0.29) is 17.5 Å². The van der Waals surface area contributed by atoms with Crippen molar-refractivity contribution in [1.82, 2.24) is 19.4 Å². The summed E-state index contributed by atoms with van der Waals surface area (Å²) < 4.78 is 1.56. The molecule has 0 aliphatic carbocycles. The summed E-state index contributed by atoms with van der Waals surface area (Å²) in [5.41, 5.74) is 1.43. The van der Waals surface area contributed by atoms with Crippen LogP contribution in [0.4, 0.5) is 0 Å². The zero-order chi connectivity index (χ0) is 15.9. The minimum absolute atomic E-state index is 0.0213. The molecular weight excluding hydrogens is 280 g/mol. The van der Waals surface area contributed by atoms with Gasteiger partial charge in [-0.1, -0.05) is 12.8 Å². The highest BCUT2D eigenvalue weighted by molar-refractivity contribution is 5.82. The third kappa shape index (κ3) is 2.56. The van der Waals surface area contributed by atoms with Crippen molar-refractivity contribution >= 4 is 5.91 Å². The maximum Gasteiger partial charge on any atom is 0.258 e. The summed E-state index contributed by atoms with van der Waals surface area (Å²) in [6.45, 7) is 3.66. The molecule has 0 saturated carbocycles.